The number of benzene rings is 6. The molecule has 0 amide bonds. The Morgan fingerprint density at radius 3 is 0.900 bits per heavy atom. The maximum Gasteiger partial charge on any atom is 0.227 e. The molecule has 0 aliphatic carbocycles. The summed E-state index contributed by atoms with van der Waals surface area (Å²) in [6.07, 6.45) is 0. The predicted octanol–water partition coefficient (Wildman–Crippen LogP) is 8.34. The van der Waals surface area contributed by atoms with Gasteiger partial charge in [-0.05, 0) is 48.5 Å². The van der Waals surface area contributed by atoms with E-state index >= 15 is 0 Å². The summed E-state index contributed by atoms with van der Waals surface area (Å²) in [6, 6.07) is 46.3. The number of para-hydroxylation sites is 4. The van der Waals surface area contributed by atoms with Crippen molar-refractivity contribution >= 4 is 63.3 Å². The van der Waals surface area contributed by atoms with Gasteiger partial charge >= 0.3 is 0 Å². The van der Waals surface area contributed by atoms with Gasteiger partial charge in [-0.15, -0.1) is 0 Å². The molecule has 0 spiro atoms. The molecule has 0 saturated carbocycles. The minimum absolute atomic E-state index is 0.00292. The van der Waals surface area contributed by atoms with Crippen molar-refractivity contribution in [1.82, 2.24) is 19.1 Å². The number of sulfone groups is 2. The van der Waals surface area contributed by atoms with Crippen LogP contribution in [0.15, 0.2) is 178 Å². The van der Waals surface area contributed by atoms with Gasteiger partial charge in [0.05, 0.1) is 31.9 Å². The second-order valence-corrected chi connectivity index (χ2v) is 15.6. The Labute approximate surface area is 287 Å². The smallest absolute Gasteiger partial charge is 0.227 e. The average Bonchev–Trinajstić information content (AvgIpc) is 3.68. The molecule has 0 atom stereocenters. The molecule has 50 heavy (non-hydrogen) atoms. The summed E-state index contributed by atoms with van der Waals surface area (Å²) in [5, 5.41) is 2.66. The number of aromatic nitrogens is 4. The lowest BCUT2D eigenvalue weighted by molar-refractivity contribution is 0.581. The SMILES string of the molecule is O=S(=O)(c1ccccc1)c1nc(-n2c3ccccc3c3ccccc32)c(S(=O)(=O)c2ccccc2)nc1-n1c2ccccc2c2ccccc21. The van der Waals surface area contributed by atoms with Gasteiger partial charge in [0.2, 0.25) is 29.7 Å². The van der Waals surface area contributed by atoms with Crippen LogP contribution in [0.1, 0.15) is 0 Å². The molecule has 10 heteroatoms. The van der Waals surface area contributed by atoms with Crippen LogP contribution in [0.25, 0.3) is 55.2 Å². The number of rotatable bonds is 6. The number of fused-ring (bicyclic) bond motifs is 6. The molecule has 6 aromatic carbocycles. The van der Waals surface area contributed by atoms with Crippen molar-refractivity contribution in [2.45, 2.75) is 19.8 Å². The van der Waals surface area contributed by atoms with E-state index in [1.165, 1.54) is 24.3 Å². The molecule has 0 aliphatic heterocycles. The van der Waals surface area contributed by atoms with E-state index in [1.807, 2.05) is 97.1 Å². The van der Waals surface area contributed by atoms with Gasteiger partial charge in [-0.1, -0.05) is 109 Å². The molecule has 8 nitrogen and oxygen atoms in total. The maximum absolute atomic E-state index is 14.8. The number of nitrogens with zero attached hydrogens (tertiary/aromatic N) is 4. The molecular formula is C40H26N4O4S2. The van der Waals surface area contributed by atoms with Crippen LogP contribution in [-0.2, 0) is 19.7 Å². The lowest BCUT2D eigenvalue weighted by Gasteiger charge is -2.18. The van der Waals surface area contributed by atoms with Crippen LogP contribution in [0.5, 0.6) is 0 Å². The predicted molar refractivity (Wildman–Crippen MR) is 194 cm³/mol. The van der Waals surface area contributed by atoms with E-state index in [1.54, 1.807) is 45.5 Å². The van der Waals surface area contributed by atoms with Crippen molar-refractivity contribution < 1.29 is 16.8 Å². The van der Waals surface area contributed by atoms with Crippen LogP contribution in [0.2, 0.25) is 0 Å². The highest BCUT2D eigenvalue weighted by Crippen LogP contribution is 2.39. The van der Waals surface area contributed by atoms with E-state index in [0.29, 0.717) is 22.1 Å². The number of hydrogen-bond acceptors (Lipinski definition) is 6. The van der Waals surface area contributed by atoms with Crippen LogP contribution in [0, 0.1) is 0 Å². The Balaban J connectivity index is 1.51. The first kappa shape index (κ1) is 30.0. The van der Waals surface area contributed by atoms with Crippen LogP contribution in [0.4, 0.5) is 0 Å². The molecule has 0 aliphatic rings. The van der Waals surface area contributed by atoms with Gasteiger partial charge < -0.3 is 0 Å². The minimum atomic E-state index is -4.38. The highest BCUT2D eigenvalue weighted by atomic mass is 32.2. The van der Waals surface area contributed by atoms with Gasteiger partial charge in [-0.25, -0.2) is 26.8 Å². The van der Waals surface area contributed by atoms with E-state index in [9.17, 15) is 16.8 Å². The molecule has 0 bridgehead atoms. The summed E-state index contributed by atoms with van der Waals surface area (Å²) in [7, 11) is -8.77. The first-order valence-electron chi connectivity index (χ1n) is 15.8. The summed E-state index contributed by atoms with van der Waals surface area (Å²) >= 11 is 0. The fourth-order valence-electron chi connectivity index (χ4n) is 6.76. The maximum atomic E-state index is 14.8. The van der Waals surface area contributed by atoms with E-state index in [4.69, 9.17) is 9.97 Å². The van der Waals surface area contributed by atoms with Gasteiger partial charge in [0.25, 0.3) is 0 Å². The summed E-state index contributed by atoms with van der Waals surface area (Å²) in [5.41, 5.74) is 2.61. The highest BCUT2D eigenvalue weighted by Gasteiger charge is 2.35. The minimum Gasteiger partial charge on any atom is -0.291 e. The van der Waals surface area contributed by atoms with E-state index in [0.717, 1.165) is 21.5 Å². The van der Waals surface area contributed by atoms with Crippen LogP contribution in [0.3, 0.4) is 0 Å². The zero-order valence-corrected chi connectivity index (χ0v) is 27.9. The van der Waals surface area contributed by atoms with Crippen molar-refractivity contribution in [3.8, 4) is 11.6 Å². The van der Waals surface area contributed by atoms with E-state index in [-0.39, 0.29) is 31.5 Å². The van der Waals surface area contributed by atoms with Gasteiger partial charge in [0.1, 0.15) is 0 Å². The van der Waals surface area contributed by atoms with Crippen LogP contribution < -0.4 is 0 Å². The topological polar surface area (TPSA) is 104 Å². The Bertz CT molecular complexity index is 2700. The molecule has 9 rings (SSSR count). The van der Waals surface area contributed by atoms with Crippen molar-refractivity contribution in [2.75, 3.05) is 0 Å². The van der Waals surface area contributed by atoms with Gasteiger partial charge in [0, 0.05) is 21.5 Å². The monoisotopic (exact) mass is 690 g/mol. The largest absolute Gasteiger partial charge is 0.291 e. The van der Waals surface area contributed by atoms with Crippen LogP contribution in [-0.4, -0.2) is 35.9 Å². The molecule has 242 valence electrons. The Hall–Kier alpha value is -6.10. The molecule has 0 saturated heterocycles. The first-order chi connectivity index (χ1) is 24.4. The van der Waals surface area contributed by atoms with Crippen molar-refractivity contribution in [3.63, 3.8) is 0 Å². The van der Waals surface area contributed by atoms with Gasteiger partial charge in [-0.3, -0.25) is 9.13 Å². The van der Waals surface area contributed by atoms with Crippen molar-refractivity contribution in [3.05, 3.63) is 158 Å². The third kappa shape index (κ3) is 4.42. The fourth-order valence-corrected chi connectivity index (χ4v) is 9.41. The second-order valence-electron chi connectivity index (χ2n) is 11.9. The Morgan fingerprint density at radius 1 is 0.340 bits per heavy atom. The van der Waals surface area contributed by atoms with E-state index < -0.39 is 19.7 Å². The molecule has 9 aromatic rings. The standard InChI is InChI=1S/C40H26N4O4S2/c45-49(46,27-15-3-1-4-16-27)39-37(43-33-23-11-7-19-29(33)30-20-8-12-24-34(30)43)42-40(50(47,48)28-17-5-2-6-18-28)38(41-39)44-35-25-13-9-21-31(35)32-22-10-14-26-36(32)44/h1-26H. The third-order valence-electron chi connectivity index (χ3n) is 9.00. The summed E-state index contributed by atoms with van der Waals surface area (Å²) in [5.74, 6) is -0.240. The lowest BCUT2D eigenvalue weighted by Crippen LogP contribution is -2.19. The molecule has 0 unspecified atom stereocenters. The third-order valence-corrected chi connectivity index (χ3v) is 12.3. The molecule has 3 aromatic heterocycles. The quantitative estimate of drug-likeness (QED) is 0.174. The van der Waals surface area contributed by atoms with Crippen molar-refractivity contribution in [2.24, 2.45) is 0 Å². The summed E-state index contributed by atoms with van der Waals surface area (Å²) in [6.45, 7) is 0. The number of hydrogen-bond donors (Lipinski definition) is 0. The average molecular weight is 691 g/mol. The van der Waals surface area contributed by atoms with Crippen LogP contribution >= 0.6 is 0 Å². The zero-order valence-electron chi connectivity index (χ0n) is 26.2. The lowest BCUT2D eigenvalue weighted by atomic mass is 10.2. The summed E-state index contributed by atoms with van der Waals surface area (Å²) in [4.78, 5) is 9.88. The summed E-state index contributed by atoms with van der Waals surface area (Å²) < 4.78 is 62.7. The zero-order chi connectivity index (χ0) is 34.0. The molecule has 3 heterocycles. The molecular weight excluding hydrogens is 665 g/mol. The Kier molecular flexibility index (Phi) is 6.74. The van der Waals surface area contributed by atoms with Gasteiger partial charge in [-0.2, -0.15) is 0 Å². The second kappa shape index (κ2) is 11.2. The Morgan fingerprint density at radius 2 is 0.600 bits per heavy atom. The first-order valence-corrected chi connectivity index (χ1v) is 18.8. The fraction of sp³-hybridized carbons (Fsp3) is 0. The molecule has 0 radical (unpaired) electrons. The van der Waals surface area contributed by atoms with Gasteiger partial charge in [0.15, 0.2) is 11.6 Å². The molecule has 0 N–H and O–H groups in total. The van der Waals surface area contributed by atoms with E-state index in [2.05, 4.69) is 0 Å². The normalized spacial score (nSPS) is 12.3. The van der Waals surface area contributed by atoms with Crippen molar-refractivity contribution in [1.29, 1.82) is 0 Å². The molecule has 0 fully saturated rings. The highest BCUT2D eigenvalue weighted by molar-refractivity contribution is 7.92.